The zero-order valence-electron chi connectivity index (χ0n) is 52.4. The molecule has 494 valence electrons. The number of aliphatic hydroxyl groups is 2. The summed E-state index contributed by atoms with van der Waals surface area (Å²) in [5, 5.41) is 53.9. The molecule has 0 atom stereocenters. The largest absolute Gasteiger partial charge is 0.478 e. The number of hydrogen-bond acceptors (Lipinski definition) is 17. The SMILES string of the molecule is CC(=O)C(C)(C)n1nc(-c2cccc(OC(F)F)c2)c2ncc(C(=O)O)cc21.CC(C)(O)C(C)(C)n1nc(-c2cccc(OC(F)F)c2)c2ncc(C(=O)O)cc21.CC1(CC(=O)c2cnc3c(-c4cccc(OC(F)F)c4)nn(C(C)(C)C(C)(C)O)c3c2)CS(=O)(=O)C1. The average Bonchev–Trinajstić information content (AvgIpc) is 1.64. The van der Waals surface area contributed by atoms with Gasteiger partial charge in [0.15, 0.2) is 21.4 Å². The molecule has 0 amide bonds. The van der Waals surface area contributed by atoms with Crippen molar-refractivity contribution in [2.45, 2.75) is 137 Å². The molecule has 6 aromatic heterocycles. The lowest BCUT2D eigenvalue weighted by Gasteiger charge is -2.38. The van der Waals surface area contributed by atoms with Crippen LogP contribution < -0.4 is 14.2 Å². The first kappa shape index (κ1) is 69.5. The lowest BCUT2D eigenvalue weighted by molar-refractivity contribution is -0.124. The predicted molar refractivity (Wildman–Crippen MR) is 330 cm³/mol. The van der Waals surface area contributed by atoms with Gasteiger partial charge in [-0.25, -0.2) is 22.7 Å². The van der Waals surface area contributed by atoms with Crippen LogP contribution in [-0.4, -0.2) is 139 Å². The molecule has 1 saturated heterocycles. The number of Topliss-reactive ketones (excluding diaryl/α,β-unsaturated/α-hetero) is 2. The minimum atomic E-state index is -3.10. The maximum absolute atomic E-state index is 13.1. The Morgan fingerprint density at radius 2 is 0.839 bits per heavy atom. The van der Waals surface area contributed by atoms with Gasteiger partial charge in [-0.3, -0.25) is 33.9 Å². The number of nitrogens with zero attached hydrogens (tertiary/aromatic N) is 9. The number of halogens is 6. The molecule has 22 nitrogen and oxygen atoms in total. The van der Waals surface area contributed by atoms with Crippen LogP contribution in [0.25, 0.3) is 66.9 Å². The summed E-state index contributed by atoms with van der Waals surface area (Å²) in [5.74, 6) is -2.96. The van der Waals surface area contributed by atoms with E-state index >= 15 is 0 Å². The van der Waals surface area contributed by atoms with Crippen molar-refractivity contribution in [2.24, 2.45) is 5.41 Å². The molecule has 1 aliphatic rings. The summed E-state index contributed by atoms with van der Waals surface area (Å²) in [6, 6.07) is 22.4. The van der Waals surface area contributed by atoms with E-state index < -0.39 is 74.8 Å². The predicted octanol–water partition coefficient (Wildman–Crippen LogP) is 11.8. The Morgan fingerprint density at radius 3 is 1.14 bits per heavy atom. The standard InChI is InChI=1S/C25H29F2N3O5S.C20H21F2N3O4.C19H17F2N3O4/c1-23(2,24(3,4)32)30-18-10-16(19(31)11-25(5)13-36(33,34)14-25)12-28-21(18)20(29-30)15-7-6-8-17(9-15)35-22(26)27;1-19(2,20(3,4)28)25-14-9-12(17(26)27)10-23-16(14)15(24-25)11-6-5-7-13(8-11)29-18(21)22;1-10(25)19(2,3)24-14-8-12(17(26)27)9-22-16(14)15(23-24)11-5-4-6-13(7-11)28-18(20)21/h6-10,12,22,32H,11,13-14H2,1-5H3;5-10,18,28H,1-4H3,(H,26,27);4-9,18H,1-3H3,(H,26,27). The lowest BCUT2D eigenvalue weighted by Crippen LogP contribution is -2.48. The summed E-state index contributed by atoms with van der Waals surface area (Å²) in [6.07, 6.45) is 3.85. The monoisotopic (exact) mass is 1320 g/mol. The molecule has 0 radical (unpaired) electrons. The summed E-state index contributed by atoms with van der Waals surface area (Å²) in [6.45, 7) is 11.1. The van der Waals surface area contributed by atoms with Crippen molar-refractivity contribution in [3.8, 4) is 51.0 Å². The normalized spacial score (nSPS) is 14.1. The number of carbonyl (C=O) groups is 4. The third kappa shape index (κ3) is 14.8. The molecule has 3 aromatic carbocycles. The zero-order valence-corrected chi connectivity index (χ0v) is 53.2. The number of benzene rings is 3. The van der Waals surface area contributed by atoms with Gasteiger partial charge in [0.25, 0.3) is 0 Å². The highest BCUT2D eigenvalue weighted by Gasteiger charge is 2.46. The molecule has 9 aromatic rings. The van der Waals surface area contributed by atoms with Gasteiger partial charge in [-0.2, -0.15) is 41.6 Å². The second kappa shape index (κ2) is 25.6. The molecule has 1 aliphatic heterocycles. The van der Waals surface area contributed by atoms with E-state index in [2.05, 4.69) is 39.4 Å². The van der Waals surface area contributed by atoms with Gasteiger partial charge in [0.1, 0.15) is 56.4 Å². The lowest BCUT2D eigenvalue weighted by atomic mass is 9.85. The Balaban J connectivity index is 0.000000181. The molecule has 4 N–H and O–H groups in total. The molecule has 29 heteroatoms. The van der Waals surface area contributed by atoms with Crippen molar-refractivity contribution in [1.82, 2.24) is 44.3 Å². The Labute approximate surface area is 528 Å². The average molecular weight is 1320 g/mol. The van der Waals surface area contributed by atoms with E-state index in [0.29, 0.717) is 72.4 Å². The number of carboxylic acid groups (broad SMARTS) is 2. The molecule has 0 bridgehead atoms. The molecule has 10 rings (SSSR count). The summed E-state index contributed by atoms with van der Waals surface area (Å²) >= 11 is 0. The van der Waals surface area contributed by atoms with Gasteiger partial charge in [0.2, 0.25) is 0 Å². The summed E-state index contributed by atoms with van der Waals surface area (Å²) in [5.41, 5.74) is -1.09. The van der Waals surface area contributed by atoms with Crippen LogP contribution in [0, 0.1) is 5.41 Å². The Bertz CT molecular complexity index is 4460. The van der Waals surface area contributed by atoms with Gasteiger partial charge in [-0.1, -0.05) is 43.3 Å². The molecular weight excluding hydrogens is 1250 g/mol. The Hall–Kier alpha value is -9.35. The minimum Gasteiger partial charge on any atom is -0.478 e. The first-order chi connectivity index (χ1) is 43.0. The second-order valence-corrected chi connectivity index (χ2v) is 27.2. The van der Waals surface area contributed by atoms with E-state index in [1.807, 2.05) is 0 Å². The fraction of sp³-hybridized carbons (Fsp3) is 0.375. The molecule has 1 fully saturated rings. The molecule has 0 saturated carbocycles. The fourth-order valence-electron chi connectivity index (χ4n) is 9.98. The van der Waals surface area contributed by atoms with E-state index in [1.54, 1.807) is 117 Å². The first-order valence-corrected chi connectivity index (χ1v) is 30.4. The van der Waals surface area contributed by atoms with E-state index in [4.69, 9.17) is 5.10 Å². The number of ether oxygens (including phenoxy) is 3. The number of aromatic nitrogens is 9. The van der Waals surface area contributed by atoms with Crippen LogP contribution in [0.15, 0.2) is 110 Å². The van der Waals surface area contributed by atoms with Crippen LogP contribution in [0.5, 0.6) is 17.2 Å². The van der Waals surface area contributed by atoms with E-state index in [9.17, 15) is 74.4 Å². The molecule has 0 aliphatic carbocycles. The number of pyridine rings is 3. The molecule has 0 unspecified atom stereocenters. The zero-order chi connectivity index (χ0) is 68.9. The fourth-order valence-corrected chi connectivity index (χ4v) is 12.2. The van der Waals surface area contributed by atoms with Crippen molar-refractivity contribution in [3.05, 3.63) is 126 Å². The quantitative estimate of drug-likeness (QED) is 0.0407. The van der Waals surface area contributed by atoms with Gasteiger partial charge in [-0.05, 0) is 131 Å². The van der Waals surface area contributed by atoms with Gasteiger partial charge < -0.3 is 34.6 Å². The highest BCUT2D eigenvalue weighted by atomic mass is 32.2. The van der Waals surface area contributed by atoms with Crippen molar-refractivity contribution >= 4 is 66.4 Å². The molecule has 93 heavy (non-hydrogen) atoms. The van der Waals surface area contributed by atoms with Gasteiger partial charge >= 0.3 is 31.8 Å². The maximum Gasteiger partial charge on any atom is 0.387 e. The first-order valence-electron chi connectivity index (χ1n) is 28.5. The summed E-state index contributed by atoms with van der Waals surface area (Å²) in [7, 11) is -3.10. The van der Waals surface area contributed by atoms with Gasteiger partial charge in [-0.15, -0.1) is 0 Å². The minimum absolute atomic E-state index is 0.0355. The number of fused-ring (bicyclic) bond motifs is 3. The van der Waals surface area contributed by atoms with E-state index in [-0.39, 0.29) is 57.9 Å². The number of alkyl halides is 6. The van der Waals surface area contributed by atoms with Crippen LogP contribution in [0.2, 0.25) is 0 Å². The van der Waals surface area contributed by atoms with Crippen molar-refractivity contribution in [2.75, 3.05) is 11.5 Å². The summed E-state index contributed by atoms with van der Waals surface area (Å²) < 4.78 is 117. The van der Waals surface area contributed by atoms with Crippen LogP contribution in [0.3, 0.4) is 0 Å². The second-order valence-electron chi connectivity index (χ2n) is 25.2. The van der Waals surface area contributed by atoms with Crippen LogP contribution in [0.1, 0.15) is 121 Å². The molecule has 7 heterocycles. The Kier molecular flexibility index (Phi) is 19.2. The number of ketones is 2. The third-order valence-corrected chi connectivity index (χ3v) is 18.8. The highest BCUT2D eigenvalue weighted by molar-refractivity contribution is 7.92. The third-order valence-electron chi connectivity index (χ3n) is 16.5. The number of rotatable bonds is 20. The number of sulfone groups is 1. The smallest absolute Gasteiger partial charge is 0.387 e. The van der Waals surface area contributed by atoms with Crippen molar-refractivity contribution in [1.29, 1.82) is 0 Å². The van der Waals surface area contributed by atoms with Crippen LogP contribution in [0.4, 0.5) is 26.3 Å². The van der Waals surface area contributed by atoms with Gasteiger partial charge in [0.05, 0.1) is 61.5 Å². The van der Waals surface area contributed by atoms with Crippen LogP contribution >= 0.6 is 0 Å². The Morgan fingerprint density at radius 1 is 0.527 bits per heavy atom. The van der Waals surface area contributed by atoms with Gasteiger partial charge in [0, 0.05) is 52.7 Å². The van der Waals surface area contributed by atoms with E-state index in [0.717, 1.165) is 0 Å². The number of carbonyl (C=O) groups excluding carboxylic acids is 2. The summed E-state index contributed by atoms with van der Waals surface area (Å²) in [4.78, 5) is 60.9. The number of carboxylic acids is 2. The van der Waals surface area contributed by atoms with Crippen molar-refractivity contribution in [3.63, 3.8) is 0 Å². The number of aromatic carboxylic acids is 2. The highest BCUT2D eigenvalue weighted by Crippen LogP contribution is 2.41. The van der Waals surface area contributed by atoms with Crippen LogP contribution in [-0.2, 0) is 31.2 Å². The maximum atomic E-state index is 13.1. The topological polar surface area (TPSA) is 303 Å². The van der Waals surface area contributed by atoms with E-state index in [1.165, 1.54) is 89.5 Å². The molecular formula is C64H67F6N9O13S. The molecule has 0 spiro atoms. The number of hydrogen-bond donors (Lipinski definition) is 4. The van der Waals surface area contributed by atoms with Crippen molar-refractivity contribution < 1.29 is 88.6 Å².